The third-order valence-corrected chi connectivity index (χ3v) is 33.3. The fraction of sp³-hybridized carbons (Fsp3) is 0.514. The molecule has 0 saturated heterocycles. The molecule has 9 aromatic rings. The van der Waals surface area contributed by atoms with Crippen LogP contribution in [-0.4, -0.2) is 318 Å². The molecule has 0 aliphatic heterocycles. The standard InChI is InChI=1S/C111H160O25Si4/c1-113-40-46-119-52-58-125-64-70-131-82-94-79-109(97(85-134-73-67-128-61-55-122-49-43-116-4)76-106(94)88-16-28-100(29-17-88)137(7,8)9)91-22-34-103(35-23-91)140(112,104-36-24-92(25-37-104)110-80-95(83-132-71-65-126-59-53-120-47-41-114-2)107(89-18-30-101(31-19-89)138(10,11)12)77-98(110)86-135-74-68-129-62-56-123-50-44-117-5)105-38-26-93(27-39-105)111-81-96(84-133-72-66-127-60-54-121-48-42-115-3)108(90-20-32-102(33-21-90)139(13,14)15)78-99(111)87-136-75-69-130-63-57-124-51-45-118-6/h16-39,76-81,112H,40-75,82-87H2,1-15H3. The van der Waals surface area contributed by atoms with Gasteiger partial charge in [0.2, 0.25) is 0 Å². The first kappa shape index (κ1) is 116. The van der Waals surface area contributed by atoms with Crippen molar-refractivity contribution in [3.05, 3.63) is 215 Å². The Bertz CT molecular complexity index is 4360. The maximum Gasteiger partial charge on any atom is 0.285 e. The number of ether oxygens (including phenoxy) is 24. The van der Waals surface area contributed by atoms with Crippen molar-refractivity contribution >= 4 is 63.7 Å². The SMILES string of the molecule is COCCOCCOCCOCc1cc(-c2ccc([Si](O)(c3ccc(-c4cc(COCCOCCOCCOC)c(-c5ccc([Si](C)(C)C)cc5)cc4COCCOCCOCCOC)cc3)c3ccc(-c4cc(COCCOCCOCCOC)c(-c5ccc([Si](C)(C)C)cc5)cc4COCCOCCOCCOC)cc3)cc2)c(COCCOCCOCCOC)cc1-c1ccc([Si](C)(C)C)cc1. The summed E-state index contributed by atoms with van der Waals surface area (Å²) in [4.78, 5) is 14.8. The molecule has 0 fully saturated rings. The van der Waals surface area contributed by atoms with E-state index in [2.05, 4.69) is 241 Å². The van der Waals surface area contributed by atoms with Crippen molar-refractivity contribution in [2.75, 3.05) is 281 Å². The van der Waals surface area contributed by atoms with Gasteiger partial charge in [0.25, 0.3) is 8.32 Å². The first-order valence-electron chi connectivity index (χ1n) is 49.3. The number of hydrogen-bond donors (Lipinski definition) is 1. The van der Waals surface area contributed by atoms with Gasteiger partial charge in [0.15, 0.2) is 0 Å². The largest absolute Gasteiger partial charge is 0.421 e. The Morgan fingerprint density at radius 1 is 0.157 bits per heavy atom. The van der Waals surface area contributed by atoms with Crippen LogP contribution in [0.15, 0.2) is 182 Å². The average molecular weight is 2010 g/mol. The van der Waals surface area contributed by atoms with Crippen molar-refractivity contribution < 1.29 is 118 Å². The highest BCUT2D eigenvalue weighted by Crippen LogP contribution is 2.39. The van der Waals surface area contributed by atoms with Gasteiger partial charge in [-0.3, -0.25) is 0 Å². The Morgan fingerprint density at radius 3 is 0.393 bits per heavy atom. The van der Waals surface area contributed by atoms with E-state index in [0.29, 0.717) is 258 Å². The molecule has 25 nitrogen and oxygen atoms in total. The van der Waals surface area contributed by atoms with Crippen LogP contribution in [0.3, 0.4) is 0 Å². The van der Waals surface area contributed by atoms with Crippen molar-refractivity contribution in [1.29, 1.82) is 0 Å². The summed E-state index contributed by atoms with van der Waals surface area (Å²) >= 11 is 0. The third kappa shape index (κ3) is 40.7. The second-order valence-corrected chi connectivity index (χ2v) is 55.4. The molecular weight excluding hydrogens is 1850 g/mol. The lowest BCUT2D eigenvalue weighted by molar-refractivity contribution is 0.000635. The highest BCUT2D eigenvalue weighted by molar-refractivity contribution is 7.06. The lowest BCUT2D eigenvalue weighted by Gasteiger charge is -2.28. The van der Waals surface area contributed by atoms with E-state index >= 15 is 0 Å². The number of rotatable bonds is 78. The fourth-order valence-corrected chi connectivity index (χ4v) is 22.1. The monoisotopic (exact) mass is 2010 g/mol. The number of hydrogen-bond acceptors (Lipinski definition) is 25. The second-order valence-electron chi connectivity index (χ2n) is 37.0. The molecule has 0 aliphatic carbocycles. The molecule has 29 heteroatoms. The summed E-state index contributed by atoms with van der Waals surface area (Å²) in [6.07, 6.45) is 0. The van der Waals surface area contributed by atoms with Gasteiger partial charge in [0, 0.05) is 42.7 Å². The Labute approximate surface area is 838 Å². The zero-order valence-electron chi connectivity index (χ0n) is 86.3. The van der Waals surface area contributed by atoms with Crippen LogP contribution in [0.25, 0.3) is 66.8 Å². The van der Waals surface area contributed by atoms with E-state index in [9.17, 15) is 4.80 Å². The van der Waals surface area contributed by atoms with Crippen molar-refractivity contribution in [3.8, 4) is 66.8 Å². The molecule has 0 unspecified atom stereocenters. The molecule has 1 N–H and O–H groups in total. The zero-order valence-corrected chi connectivity index (χ0v) is 90.3. The van der Waals surface area contributed by atoms with E-state index < -0.39 is 32.5 Å². The van der Waals surface area contributed by atoms with Crippen LogP contribution in [0.2, 0.25) is 58.9 Å². The van der Waals surface area contributed by atoms with Crippen LogP contribution in [0.4, 0.5) is 0 Å². The van der Waals surface area contributed by atoms with Gasteiger partial charge in [0.1, 0.15) is 0 Å². The van der Waals surface area contributed by atoms with E-state index in [-0.39, 0.29) is 19.8 Å². The minimum Gasteiger partial charge on any atom is -0.421 e. The van der Waals surface area contributed by atoms with E-state index in [0.717, 1.165) is 116 Å². The molecular formula is C111H160O25Si4. The van der Waals surface area contributed by atoms with Gasteiger partial charge in [-0.15, -0.1) is 0 Å². The fourth-order valence-electron chi connectivity index (χ4n) is 15.6. The normalized spacial score (nSPS) is 12.2. The lowest BCUT2D eigenvalue weighted by Crippen LogP contribution is -2.67. The molecule has 0 atom stereocenters. The molecule has 0 radical (unpaired) electrons. The molecule has 770 valence electrons. The second kappa shape index (κ2) is 66.1. The van der Waals surface area contributed by atoms with Crippen LogP contribution in [-0.2, 0) is 153 Å². The summed E-state index contributed by atoms with van der Waals surface area (Å²) in [7, 11) is 0.879. The topological polar surface area (TPSA) is 242 Å². The Morgan fingerprint density at radius 2 is 0.271 bits per heavy atom. The Balaban J connectivity index is 1.19. The lowest BCUT2D eigenvalue weighted by atomic mass is 9.91. The zero-order chi connectivity index (χ0) is 99.7. The summed E-state index contributed by atoms with van der Waals surface area (Å²) in [5.74, 6) is 0. The molecule has 9 aromatic carbocycles. The quantitative estimate of drug-likeness (QED) is 0.0212. The van der Waals surface area contributed by atoms with E-state index in [4.69, 9.17) is 114 Å². The van der Waals surface area contributed by atoms with Crippen molar-refractivity contribution in [2.24, 2.45) is 0 Å². The average Bonchev–Trinajstić information content (AvgIpc) is 0.745. The van der Waals surface area contributed by atoms with Gasteiger partial charge in [-0.25, -0.2) is 0 Å². The van der Waals surface area contributed by atoms with Gasteiger partial charge >= 0.3 is 0 Å². The van der Waals surface area contributed by atoms with Gasteiger partial charge < -0.3 is 118 Å². The van der Waals surface area contributed by atoms with Crippen LogP contribution in [0, 0.1) is 0 Å². The van der Waals surface area contributed by atoms with Crippen molar-refractivity contribution in [3.63, 3.8) is 0 Å². The molecule has 0 bridgehead atoms. The molecule has 9 rings (SSSR count). The first-order valence-corrected chi connectivity index (χ1v) is 61.8. The number of methoxy groups -OCH3 is 6. The smallest absolute Gasteiger partial charge is 0.285 e. The predicted molar refractivity (Wildman–Crippen MR) is 567 cm³/mol. The molecule has 0 heterocycles. The summed E-state index contributed by atoms with van der Waals surface area (Å²) < 4.78 is 141. The van der Waals surface area contributed by atoms with Gasteiger partial charge in [-0.05, 0) is 152 Å². The maximum atomic E-state index is 14.8. The Kier molecular flexibility index (Phi) is 54.9. The van der Waals surface area contributed by atoms with E-state index in [1.807, 2.05) is 0 Å². The van der Waals surface area contributed by atoms with Gasteiger partial charge in [0.05, 0.1) is 302 Å². The van der Waals surface area contributed by atoms with Gasteiger partial charge in [-0.2, -0.15) is 0 Å². The highest BCUT2D eigenvalue weighted by Gasteiger charge is 2.39. The maximum absolute atomic E-state index is 14.8. The first-order chi connectivity index (χ1) is 68.1. The predicted octanol–water partition coefficient (Wildman–Crippen LogP) is 14.5. The van der Waals surface area contributed by atoms with Crippen LogP contribution < -0.4 is 31.1 Å². The summed E-state index contributed by atoms with van der Waals surface area (Å²) in [5.41, 5.74) is 17.9. The van der Waals surface area contributed by atoms with Crippen LogP contribution in [0.5, 0.6) is 0 Å². The Hall–Kier alpha value is -7.15. The summed E-state index contributed by atoms with van der Waals surface area (Å²) in [5, 5.41) is 6.39. The third-order valence-electron chi connectivity index (χ3n) is 23.6. The molecule has 0 saturated carbocycles. The van der Waals surface area contributed by atoms with Crippen molar-refractivity contribution in [1.82, 2.24) is 0 Å². The molecule has 0 amide bonds. The molecule has 140 heavy (non-hydrogen) atoms. The highest BCUT2D eigenvalue weighted by atomic mass is 28.4. The number of benzene rings is 9. The van der Waals surface area contributed by atoms with E-state index in [1.165, 1.54) is 15.6 Å². The minimum absolute atomic E-state index is 0.279. The van der Waals surface area contributed by atoms with Crippen LogP contribution >= 0.6 is 0 Å². The molecule has 0 aliphatic rings. The van der Waals surface area contributed by atoms with Crippen molar-refractivity contribution in [2.45, 2.75) is 98.6 Å². The van der Waals surface area contributed by atoms with Gasteiger partial charge in [-0.1, -0.05) is 220 Å². The molecule has 0 aromatic heterocycles. The van der Waals surface area contributed by atoms with Crippen LogP contribution in [0.1, 0.15) is 33.4 Å². The summed E-state index contributed by atoms with van der Waals surface area (Å²) in [6, 6.07) is 66.1. The molecule has 0 spiro atoms. The van der Waals surface area contributed by atoms with E-state index in [1.54, 1.807) is 42.7 Å². The summed E-state index contributed by atoms with van der Waals surface area (Å²) in [6.45, 7) is 38.8. The minimum atomic E-state index is -4.09.